The number of piperidine rings is 1. The summed E-state index contributed by atoms with van der Waals surface area (Å²) in [5.74, 6) is 7.82. The average Bonchev–Trinajstić information content (AvgIpc) is 1.36. The van der Waals surface area contributed by atoms with E-state index < -0.39 is 60.2 Å². The molecular formula is C65H76N4O13. The molecule has 3 aromatic heterocycles. The molecule has 6 aromatic rings. The lowest BCUT2D eigenvalue weighted by atomic mass is 9.46. The van der Waals surface area contributed by atoms with E-state index in [2.05, 4.69) is 45.0 Å². The van der Waals surface area contributed by atoms with Crippen molar-refractivity contribution in [2.75, 3.05) is 13.2 Å². The summed E-state index contributed by atoms with van der Waals surface area (Å²) in [5, 5.41) is 90.6. The monoisotopic (exact) mass is 1120 g/mol. The minimum Gasteiger partial charge on any atom is -0.508 e. The number of carbonyl (C=O) groups excluding carboxylic acids is 1. The zero-order valence-electron chi connectivity index (χ0n) is 46.7. The van der Waals surface area contributed by atoms with E-state index in [1.807, 2.05) is 18.5 Å². The largest absolute Gasteiger partial charge is 0.508 e. The third-order valence-electron chi connectivity index (χ3n) is 21.9. The highest BCUT2D eigenvalue weighted by Gasteiger charge is 2.68. The van der Waals surface area contributed by atoms with Crippen LogP contribution in [0, 0.1) is 59.7 Å². The predicted molar refractivity (Wildman–Crippen MR) is 304 cm³/mol. The number of hydrogen-bond donors (Lipinski definition) is 10. The number of amides is 1. The van der Waals surface area contributed by atoms with E-state index >= 15 is 0 Å². The molecule has 14 unspecified atom stereocenters. The Kier molecular flexibility index (Phi) is 13.3. The van der Waals surface area contributed by atoms with Gasteiger partial charge >= 0.3 is 0 Å². The molecule has 4 aliphatic heterocycles. The van der Waals surface area contributed by atoms with Gasteiger partial charge in [0.05, 0.1) is 22.9 Å². The van der Waals surface area contributed by atoms with Crippen molar-refractivity contribution in [2.24, 2.45) is 40.9 Å². The maximum absolute atomic E-state index is 14.5. The zero-order valence-corrected chi connectivity index (χ0v) is 46.7. The van der Waals surface area contributed by atoms with Crippen molar-refractivity contribution in [3.05, 3.63) is 93.7 Å². The fourth-order valence-electron chi connectivity index (χ4n) is 18.1. The van der Waals surface area contributed by atoms with Gasteiger partial charge in [-0.25, -0.2) is 9.78 Å². The van der Waals surface area contributed by atoms with Crippen LogP contribution >= 0.6 is 0 Å². The summed E-state index contributed by atoms with van der Waals surface area (Å²) in [6.07, 6.45) is 7.54. The number of H-pyrrole nitrogens is 1. The number of phenols is 2. The second-order valence-corrected chi connectivity index (χ2v) is 26.1. The Bertz CT molecular complexity index is 3620. The van der Waals surface area contributed by atoms with E-state index in [0.29, 0.717) is 75.9 Å². The molecule has 2 saturated heterocycles. The van der Waals surface area contributed by atoms with Crippen LogP contribution in [0.4, 0.5) is 0 Å². The van der Waals surface area contributed by atoms with Crippen molar-refractivity contribution in [3.8, 4) is 34.8 Å². The molecular weight excluding hydrogens is 1040 g/mol. The van der Waals surface area contributed by atoms with Crippen molar-refractivity contribution >= 4 is 38.6 Å². The normalized spacial score (nSPS) is 31.7. The highest BCUT2D eigenvalue weighted by atomic mass is 17.2. The van der Waals surface area contributed by atoms with Crippen LogP contribution in [0.3, 0.4) is 0 Å². The van der Waals surface area contributed by atoms with E-state index in [0.717, 1.165) is 93.6 Å². The Hall–Kier alpha value is -5.94. The van der Waals surface area contributed by atoms with E-state index in [1.54, 1.807) is 13.0 Å². The number of benzene rings is 3. The van der Waals surface area contributed by atoms with Gasteiger partial charge in [-0.1, -0.05) is 51.0 Å². The number of rotatable bonds is 10. The fraction of sp³-hybridized carbons (Fsp3) is 0.569. The second kappa shape index (κ2) is 20.1. The number of carbonyl (C=O) groups is 1. The number of ether oxygens (including phenoxy) is 1. The van der Waals surface area contributed by atoms with Gasteiger partial charge in [0.1, 0.15) is 58.6 Å². The molecule has 0 radical (unpaired) electrons. The first-order valence-electron chi connectivity index (χ1n) is 30.2. The van der Waals surface area contributed by atoms with Gasteiger partial charge in [0, 0.05) is 83.8 Å². The minimum atomic E-state index is -2.63. The number of aromatic amines is 1. The molecule has 3 spiro atoms. The van der Waals surface area contributed by atoms with Crippen molar-refractivity contribution in [3.63, 3.8) is 0 Å². The van der Waals surface area contributed by atoms with Crippen molar-refractivity contribution in [1.29, 1.82) is 0 Å². The molecule has 17 nitrogen and oxygen atoms in total. The molecule has 5 bridgehead atoms. The Labute approximate surface area is 475 Å². The zero-order chi connectivity index (χ0) is 56.6. The Morgan fingerprint density at radius 1 is 0.866 bits per heavy atom. The van der Waals surface area contributed by atoms with Crippen LogP contribution in [0.1, 0.15) is 119 Å². The summed E-state index contributed by atoms with van der Waals surface area (Å²) in [4.78, 5) is 46.3. The molecule has 7 heterocycles. The first kappa shape index (κ1) is 54.0. The molecule has 14 rings (SSSR count). The smallest absolute Gasteiger partial charge is 0.226 e. The molecule has 14 atom stereocenters. The lowest BCUT2D eigenvalue weighted by molar-refractivity contribution is -0.398. The molecule has 4 aliphatic carbocycles. The van der Waals surface area contributed by atoms with E-state index in [9.17, 15) is 45.3 Å². The van der Waals surface area contributed by atoms with Gasteiger partial charge in [-0.15, -0.1) is 5.92 Å². The topological polar surface area (TPSA) is 261 Å². The summed E-state index contributed by atoms with van der Waals surface area (Å²) in [6, 6.07) is 12.7. The number of fused-ring (bicyclic) bond motifs is 5. The van der Waals surface area contributed by atoms with E-state index in [1.165, 1.54) is 30.3 Å². The molecule has 6 fully saturated rings. The van der Waals surface area contributed by atoms with Crippen LogP contribution in [0.2, 0.25) is 0 Å². The maximum atomic E-state index is 14.5. The van der Waals surface area contributed by atoms with Crippen molar-refractivity contribution < 1.29 is 59.5 Å². The van der Waals surface area contributed by atoms with Crippen LogP contribution < -0.4 is 20.8 Å². The number of aromatic hydroxyl groups is 2. The lowest BCUT2D eigenvalue weighted by Gasteiger charge is -2.65. The molecule has 10 N–H and O–H groups in total. The summed E-state index contributed by atoms with van der Waals surface area (Å²) >= 11 is 0. The fourth-order valence-corrected chi connectivity index (χ4v) is 18.1. The molecule has 434 valence electrons. The third kappa shape index (κ3) is 8.31. The van der Waals surface area contributed by atoms with Gasteiger partial charge in [0.2, 0.25) is 5.91 Å². The van der Waals surface area contributed by atoms with Gasteiger partial charge in [-0.2, -0.15) is 0 Å². The van der Waals surface area contributed by atoms with Crippen molar-refractivity contribution in [1.82, 2.24) is 20.2 Å². The Morgan fingerprint density at radius 3 is 2.46 bits per heavy atom. The first-order chi connectivity index (χ1) is 39.6. The highest BCUT2D eigenvalue weighted by molar-refractivity contribution is 5.93. The molecule has 1 amide bonds. The van der Waals surface area contributed by atoms with Gasteiger partial charge in [0.15, 0.2) is 22.9 Å². The van der Waals surface area contributed by atoms with Crippen LogP contribution in [0.5, 0.6) is 17.2 Å². The SMILES string of the molecule is CCc1c2cc[nH]c2cn1-c1c2c(cc3c(=O)cc(C)oc13)CC1OOC(C(O)(Cc3ccc(O)c4ccc(O)cc34)C(O)C(O)C(O)CO)C#CCC3CC4(CCCC4)NC4C3CC3CC4C1(CC3C1CNC(=O)C13CCCCC3)O2. The molecule has 17 heteroatoms. The van der Waals surface area contributed by atoms with Crippen LogP contribution in [0.25, 0.3) is 38.3 Å². The number of hydrogen-bond acceptors (Lipinski definition) is 14. The van der Waals surface area contributed by atoms with Crippen molar-refractivity contribution in [2.45, 2.75) is 176 Å². The molecule has 3 aromatic carbocycles. The average molecular weight is 1120 g/mol. The standard InChI is InChI=1S/C65H76N4O13/c1-3-49-41-16-21-66-48(41)32-69(49)56-58-38(24-44-51(73)22-34(2)79-59(44)56)26-54-65(80-58)30-45(47-31-67-61(77)63(47)19-5-4-6-20-63)37-23-43-35(28-62(17-7-8-18-62)68-55(43)46(65)25-37)10-9-11-53(81-82-54)64(78,60(76)57(75)52(74)33-70)29-36-12-15-50(72)40-14-13-39(71)27-42(36)40/h12-16,21-22,24,27,32,35,37,43,45-47,52-55,57,60,66,68,70-72,74-76,78H,3-8,10,17-20,23,25-26,28-31,33H2,1-2H3,(H,67,77). The maximum Gasteiger partial charge on any atom is 0.226 e. The Balaban J connectivity index is 1.00. The lowest BCUT2D eigenvalue weighted by Crippen LogP contribution is -2.73. The first-order valence-corrected chi connectivity index (χ1v) is 30.2. The van der Waals surface area contributed by atoms with E-state index in [-0.39, 0.29) is 76.3 Å². The third-order valence-corrected chi connectivity index (χ3v) is 21.9. The van der Waals surface area contributed by atoms with Crippen LogP contribution in [-0.2, 0) is 33.8 Å². The predicted octanol–water partition coefficient (Wildman–Crippen LogP) is 6.96. The summed E-state index contributed by atoms with van der Waals surface area (Å²) in [6.45, 7) is 3.50. The van der Waals surface area contributed by atoms with Gasteiger partial charge in [0.25, 0.3) is 0 Å². The number of nitrogens with one attached hydrogen (secondary N) is 3. The number of aliphatic hydroxyl groups excluding tert-OH is 4. The van der Waals surface area contributed by atoms with Crippen LogP contribution in [0.15, 0.2) is 70.1 Å². The van der Waals surface area contributed by atoms with Gasteiger partial charge in [-0.3, -0.25) is 9.59 Å². The van der Waals surface area contributed by atoms with Gasteiger partial charge < -0.3 is 65.1 Å². The molecule has 82 heavy (non-hydrogen) atoms. The quantitative estimate of drug-likeness (QED) is 0.0491. The summed E-state index contributed by atoms with van der Waals surface area (Å²) in [7, 11) is 0. The summed E-state index contributed by atoms with van der Waals surface area (Å²) in [5.41, 5.74) is -0.905. The number of aromatic nitrogens is 2. The number of aliphatic hydroxyl groups is 5. The van der Waals surface area contributed by atoms with Gasteiger partial charge in [-0.05, 0) is 142 Å². The number of nitrogens with zero attached hydrogens (tertiary/aromatic N) is 1. The molecule has 4 saturated carbocycles. The Morgan fingerprint density at radius 2 is 1.67 bits per heavy atom. The van der Waals surface area contributed by atoms with Crippen LogP contribution in [-0.4, -0.2) is 118 Å². The number of phenolic OH excluding ortho intramolecular Hbond substituents is 2. The summed E-state index contributed by atoms with van der Waals surface area (Å²) < 4.78 is 17.1. The second-order valence-electron chi connectivity index (χ2n) is 26.1. The molecule has 8 aliphatic rings. The minimum absolute atomic E-state index is 0.00386. The highest BCUT2D eigenvalue weighted by Crippen LogP contribution is 2.64. The number of aryl methyl sites for hydroxylation is 2. The van der Waals surface area contributed by atoms with E-state index in [4.69, 9.17) is 18.9 Å².